The number of nitrogens with one attached hydrogen (secondary N) is 1. The van der Waals surface area contributed by atoms with Crippen molar-refractivity contribution < 1.29 is 4.74 Å². The molecule has 0 amide bonds. The van der Waals surface area contributed by atoms with Gasteiger partial charge >= 0.3 is 0 Å². The predicted molar refractivity (Wildman–Crippen MR) is 114 cm³/mol. The summed E-state index contributed by atoms with van der Waals surface area (Å²) in [6, 6.07) is 12.4. The van der Waals surface area contributed by atoms with Crippen molar-refractivity contribution in [2.24, 2.45) is 7.05 Å². The highest BCUT2D eigenvalue weighted by Gasteiger charge is 2.13. The second-order valence-corrected chi connectivity index (χ2v) is 7.12. The van der Waals surface area contributed by atoms with Crippen LogP contribution in [0, 0.1) is 0 Å². The largest absolute Gasteiger partial charge is 0.378 e. The van der Waals surface area contributed by atoms with E-state index in [1.54, 1.807) is 6.20 Å². The first kappa shape index (κ1) is 17.6. The molecule has 0 unspecified atom stereocenters. The van der Waals surface area contributed by atoms with Gasteiger partial charge in [-0.2, -0.15) is 0 Å². The Balaban J connectivity index is 1.40. The predicted octanol–water partition coefficient (Wildman–Crippen LogP) is 3.61. The minimum Gasteiger partial charge on any atom is -0.378 e. The van der Waals surface area contributed by atoms with E-state index in [1.165, 1.54) is 10.9 Å². The molecule has 1 N–H and O–H groups in total. The Morgan fingerprint density at radius 1 is 1.03 bits per heavy atom. The fraction of sp³-hybridized carbons (Fsp3) is 0.227. The highest BCUT2D eigenvalue weighted by Crippen LogP contribution is 2.25. The van der Waals surface area contributed by atoms with Crippen molar-refractivity contribution in [3.63, 3.8) is 0 Å². The summed E-state index contributed by atoms with van der Waals surface area (Å²) in [4.78, 5) is 15.8. The standard InChI is InChI=1S/C22H22N6O/c1-27-7-5-16-12-18(2-3-21(16)27)25-22-24-6-4-20(26-22)17-13-19(15-23-14-17)28-8-10-29-11-9-28/h2-7,12-15H,8-11H2,1H3,(H,24,25,26). The van der Waals surface area contributed by atoms with Crippen LogP contribution >= 0.6 is 0 Å². The summed E-state index contributed by atoms with van der Waals surface area (Å²) < 4.78 is 7.55. The molecule has 7 nitrogen and oxygen atoms in total. The molecule has 7 heteroatoms. The molecule has 146 valence electrons. The lowest BCUT2D eigenvalue weighted by Gasteiger charge is -2.28. The van der Waals surface area contributed by atoms with Gasteiger partial charge in [-0.1, -0.05) is 0 Å². The quantitative estimate of drug-likeness (QED) is 0.578. The maximum atomic E-state index is 5.44. The molecule has 1 fully saturated rings. The molecule has 0 saturated carbocycles. The van der Waals surface area contributed by atoms with Crippen LogP contribution in [0.3, 0.4) is 0 Å². The average molecular weight is 386 g/mol. The number of aryl methyl sites for hydroxylation is 1. The molecule has 0 bridgehead atoms. The van der Waals surface area contributed by atoms with Crippen LogP contribution in [0.1, 0.15) is 0 Å². The van der Waals surface area contributed by atoms with E-state index in [0.29, 0.717) is 5.95 Å². The first-order valence-electron chi connectivity index (χ1n) is 9.69. The second kappa shape index (κ2) is 7.52. The van der Waals surface area contributed by atoms with E-state index in [0.717, 1.165) is 48.9 Å². The summed E-state index contributed by atoms with van der Waals surface area (Å²) in [5.41, 5.74) is 5.05. The van der Waals surface area contributed by atoms with E-state index in [4.69, 9.17) is 9.72 Å². The highest BCUT2D eigenvalue weighted by atomic mass is 16.5. The minimum absolute atomic E-state index is 0.564. The number of fused-ring (bicyclic) bond motifs is 1. The molecule has 5 rings (SSSR count). The fourth-order valence-corrected chi connectivity index (χ4v) is 3.63. The zero-order chi connectivity index (χ0) is 19.6. The topological polar surface area (TPSA) is 68.1 Å². The lowest BCUT2D eigenvalue weighted by molar-refractivity contribution is 0.122. The molecule has 1 aliphatic rings. The Kier molecular flexibility index (Phi) is 4.57. The lowest BCUT2D eigenvalue weighted by atomic mass is 10.2. The van der Waals surface area contributed by atoms with Gasteiger partial charge in [0.15, 0.2) is 0 Å². The zero-order valence-corrected chi connectivity index (χ0v) is 16.2. The molecule has 0 spiro atoms. The van der Waals surface area contributed by atoms with Gasteiger partial charge in [-0.15, -0.1) is 0 Å². The SMILES string of the molecule is Cn1ccc2cc(Nc3nccc(-c4cncc(N5CCOCC5)c4)n3)ccc21. The van der Waals surface area contributed by atoms with Crippen molar-refractivity contribution in [1.82, 2.24) is 19.5 Å². The number of benzene rings is 1. The molecule has 1 saturated heterocycles. The van der Waals surface area contributed by atoms with Gasteiger partial charge in [0, 0.05) is 60.9 Å². The van der Waals surface area contributed by atoms with E-state index in [-0.39, 0.29) is 0 Å². The van der Waals surface area contributed by atoms with E-state index < -0.39 is 0 Å². The first-order chi connectivity index (χ1) is 14.3. The van der Waals surface area contributed by atoms with E-state index in [9.17, 15) is 0 Å². The van der Waals surface area contributed by atoms with E-state index >= 15 is 0 Å². The van der Waals surface area contributed by atoms with Gasteiger partial charge in [0.2, 0.25) is 5.95 Å². The van der Waals surface area contributed by atoms with Gasteiger partial charge in [-0.25, -0.2) is 9.97 Å². The fourth-order valence-electron chi connectivity index (χ4n) is 3.63. The Hall–Kier alpha value is -3.45. The number of ether oxygens (including phenoxy) is 1. The van der Waals surface area contributed by atoms with Crippen molar-refractivity contribution in [3.8, 4) is 11.3 Å². The van der Waals surface area contributed by atoms with Crippen molar-refractivity contribution in [1.29, 1.82) is 0 Å². The van der Waals surface area contributed by atoms with Crippen LogP contribution in [0.5, 0.6) is 0 Å². The van der Waals surface area contributed by atoms with E-state index in [1.807, 2.05) is 31.6 Å². The molecular formula is C22H22N6O. The molecule has 29 heavy (non-hydrogen) atoms. The number of aromatic nitrogens is 4. The Bertz CT molecular complexity index is 1150. The van der Waals surface area contributed by atoms with Crippen molar-refractivity contribution in [2.45, 2.75) is 0 Å². The van der Waals surface area contributed by atoms with Crippen LogP contribution in [0.25, 0.3) is 22.2 Å². The number of hydrogen-bond acceptors (Lipinski definition) is 6. The molecule has 0 atom stereocenters. The normalized spacial score (nSPS) is 14.3. The summed E-state index contributed by atoms with van der Waals surface area (Å²) in [5, 5.41) is 4.49. The highest BCUT2D eigenvalue weighted by molar-refractivity contribution is 5.84. The molecule has 1 aliphatic heterocycles. The van der Waals surface area contributed by atoms with Crippen LogP contribution in [0.4, 0.5) is 17.3 Å². The number of hydrogen-bond donors (Lipinski definition) is 1. The Labute approximate surface area is 169 Å². The molecule has 1 aromatic carbocycles. The average Bonchev–Trinajstić information content (AvgIpc) is 3.15. The second-order valence-electron chi connectivity index (χ2n) is 7.12. The molecule has 3 aromatic heterocycles. The first-order valence-corrected chi connectivity index (χ1v) is 9.69. The van der Waals surface area contributed by atoms with Crippen LogP contribution < -0.4 is 10.2 Å². The Morgan fingerprint density at radius 2 is 1.93 bits per heavy atom. The summed E-state index contributed by atoms with van der Waals surface area (Å²) >= 11 is 0. The zero-order valence-electron chi connectivity index (χ0n) is 16.2. The van der Waals surface area contributed by atoms with Gasteiger partial charge in [-0.05, 0) is 36.4 Å². The summed E-state index contributed by atoms with van der Waals surface area (Å²) in [5.74, 6) is 0.564. The van der Waals surface area contributed by atoms with Crippen LogP contribution in [0.15, 0.2) is 61.2 Å². The van der Waals surface area contributed by atoms with Crippen LogP contribution in [-0.2, 0) is 11.8 Å². The number of nitrogens with zero attached hydrogens (tertiary/aromatic N) is 5. The van der Waals surface area contributed by atoms with Crippen molar-refractivity contribution in [2.75, 3.05) is 36.5 Å². The molecule has 0 radical (unpaired) electrons. The van der Waals surface area contributed by atoms with Gasteiger partial charge in [0.1, 0.15) is 0 Å². The number of pyridine rings is 1. The maximum absolute atomic E-state index is 5.44. The minimum atomic E-state index is 0.564. The smallest absolute Gasteiger partial charge is 0.227 e. The Morgan fingerprint density at radius 3 is 2.83 bits per heavy atom. The van der Waals surface area contributed by atoms with Crippen LogP contribution in [0.2, 0.25) is 0 Å². The summed E-state index contributed by atoms with van der Waals surface area (Å²) in [6.07, 6.45) is 7.56. The van der Waals surface area contributed by atoms with Gasteiger partial charge in [-0.3, -0.25) is 4.98 Å². The molecule has 0 aliphatic carbocycles. The van der Waals surface area contributed by atoms with Crippen LogP contribution in [-0.4, -0.2) is 45.8 Å². The monoisotopic (exact) mass is 386 g/mol. The third kappa shape index (κ3) is 3.64. The number of rotatable bonds is 4. The van der Waals surface area contributed by atoms with E-state index in [2.05, 4.69) is 55.2 Å². The van der Waals surface area contributed by atoms with Crippen molar-refractivity contribution >= 4 is 28.2 Å². The summed E-state index contributed by atoms with van der Waals surface area (Å²) in [6.45, 7) is 3.25. The maximum Gasteiger partial charge on any atom is 0.227 e. The van der Waals surface area contributed by atoms with Crippen molar-refractivity contribution in [3.05, 3.63) is 61.2 Å². The van der Waals surface area contributed by atoms with Gasteiger partial charge in [0.05, 0.1) is 30.8 Å². The van der Waals surface area contributed by atoms with Gasteiger partial charge < -0.3 is 19.5 Å². The third-order valence-electron chi connectivity index (χ3n) is 5.19. The molecular weight excluding hydrogens is 364 g/mol. The number of anilines is 3. The summed E-state index contributed by atoms with van der Waals surface area (Å²) in [7, 11) is 2.04. The molecule has 4 heterocycles. The third-order valence-corrected chi connectivity index (χ3v) is 5.19. The van der Waals surface area contributed by atoms with Gasteiger partial charge in [0.25, 0.3) is 0 Å². The lowest BCUT2D eigenvalue weighted by Crippen LogP contribution is -2.36. The number of morpholine rings is 1. The molecule has 4 aromatic rings.